The van der Waals surface area contributed by atoms with Gasteiger partial charge in [0.15, 0.2) is 6.10 Å². The van der Waals surface area contributed by atoms with Crippen LogP contribution in [0.5, 0.6) is 0 Å². The number of esters is 3. The SMILES string of the molecule is CCCCCCCCC=CCCCCCCCCCC(=O)OCC(COC(=O)CCCCCCCCCCCCCCCCCCC)OC(=O)CCCCCCCCCCCCCCCCCCC. The van der Waals surface area contributed by atoms with Crippen molar-refractivity contribution in [2.75, 3.05) is 13.2 Å². The Balaban J connectivity index is 4.31. The molecule has 69 heavy (non-hydrogen) atoms. The van der Waals surface area contributed by atoms with Gasteiger partial charge in [-0.05, 0) is 44.9 Å². The number of allylic oxidation sites excluding steroid dienone is 2. The molecule has 0 heterocycles. The maximum atomic E-state index is 12.9. The second kappa shape index (κ2) is 58.7. The number of hydrogen-bond donors (Lipinski definition) is 0. The van der Waals surface area contributed by atoms with Crippen LogP contribution in [0.15, 0.2) is 12.2 Å². The Labute approximate surface area is 431 Å². The Kier molecular flexibility index (Phi) is 57.1. The topological polar surface area (TPSA) is 78.9 Å². The van der Waals surface area contributed by atoms with Gasteiger partial charge in [-0.1, -0.05) is 303 Å². The summed E-state index contributed by atoms with van der Waals surface area (Å²) in [6.45, 7) is 6.71. The Morgan fingerprint density at radius 1 is 0.275 bits per heavy atom. The summed E-state index contributed by atoms with van der Waals surface area (Å²) < 4.78 is 16.9. The number of unbranched alkanes of at least 4 members (excludes halogenated alkanes) is 45. The van der Waals surface area contributed by atoms with Crippen LogP contribution in [0.2, 0.25) is 0 Å². The third-order valence-corrected chi connectivity index (χ3v) is 14.3. The summed E-state index contributed by atoms with van der Waals surface area (Å²) >= 11 is 0. The molecule has 0 bridgehead atoms. The summed E-state index contributed by atoms with van der Waals surface area (Å²) in [5.41, 5.74) is 0. The highest BCUT2D eigenvalue weighted by Gasteiger charge is 2.19. The first-order valence-electron chi connectivity index (χ1n) is 31.2. The number of ether oxygens (including phenoxy) is 3. The summed E-state index contributed by atoms with van der Waals surface area (Å²) in [5.74, 6) is -0.839. The standard InChI is InChI=1S/C63H120O6/c1-4-7-10-13-16-19-22-25-28-31-34-37-40-43-46-49-52-55-61(64)67-58-60(69-63(66)57-54-51-48-45-42-39-36-33-30-27-24-21-18-15-12-9-6-3)59-68-62(65)56-53-50-47-44-41-38-35-32-29-26-23-20-17-14-11-8-5-2/h25,28,60H,4-24,26-27,29-59H2,1-3H3. The minimum Gasteiger partial charge on any atom is -0.462 e. The first-order valence-corrected chi connectivity index (χ1v) is 31.2. The van der Waals surface area contributed by atoms with Gasteiger partial charge < -0.3 is 14.2 Å². The molecule has 1 unspecified atom stereocenters. The third kappa shape index (κ3) is 56.9. The fraction of sp³-hybridized carbons (Fsp3) is 0.921. The molecule has 0 aromatic heterocycles. The molecule has 0 saturated carbocycles. The first-order chi connectivity index (χ1) is 34.0. The largest absolute Gasteiger partial charge is 0.462 e. The van der Waals surface area contributed by atoms with Gasteiger partial charge in [0, 0.05) is 19.3 Å². The average molecular weight is 974 g/mol. The molecule has 0 spiro atoms. The van der Waals surface area contributed by atoms with E-state index in [0.717, 1.165) is 57.8 Å². The minimum absolute atomic E-state index is 0.0647. The molecule has 0 N–H and O–H groups in total. The van der Waals surface area contributed by atoms with Gasteiger partial charge in [0.2, 0.25) is 0 Å². The van der Waals surface area contributed by atoms with Gasteiger partial charge in [0.25, 0.3) is 0 Å². The van der Waals surface area contributed by atoms with E-state index >= 15 is 0 Å². The van der Waals surface area contributed by atoms with Crippen LogP contribution in [0, 0.1) is 0 Å². The predicted octanol–water partition coefficient (Wildman–Crippen LogP) is 20.9. The molecule has 0 amide bonds. The maximum absolute atomic E-state index is 12.9. The lowest BCUT2D eigenvalue weighted by atomic mass is 10.0. The van der Waals surface area contributed by atoms with Gasteiger partial charge >= 0.3 is 17.9 Å². The summed E-state index contributed by atoms with van der Waals surface area (Å²) in [6, 6.07) is 0. The Hall–Kier alpha value is -1.85. The molecular weight excluding hydrogens is 853 g/mol. The zero-order valence-corrected chi connectivity index (χ0v) is 46.9. The highest BCUT2D eigenvalue weighted by molar-refractivity contribution is 5.71. The zero-order chi connectivity index (χ0) is 50.0. The van der Waals surface area contributed by atoms with E-state index in [1.165, 1.54) is 257 Å². The Morgan fingerprint density at radius 3 is 0.725 bits per heavy atom. The van der Waals surface area contributed by atoms with E-state index in [1.54, 1.807) is 0 Å². The lowest BCUT2D eigenvalue weighted by Gasteiger charge is -2.18. The monoisotopic (exact) mass is 973 g/mol. The van der Waals surface area contributed by atoms with Crippen LogP contribution < -0.4 is 0 Å². The number of carbonyl (C=O) groups excluding carboxylic acids is 3. The van der Waals surface area contributed by atoms with Crippen LogP contribution in [0.25, 0.3) is 0 Å². The fourth-order valence-electron chi connectivity index (χ4n) is 9.56. The summed E-state index contributed by atoms with van der Waals surface area (Å²) in [7, 11) is 0. The van der Waals surface area contributed by atoms with Gasteiger partial charge in [-0.3, -0.25) is 14.4 Å². The Bertz CT molecular complexity index is 1070. The number of hydrogen-bond acceptors (Lipinski definition) is 6. The van der Waals surface area contributed by atoms with Crippen molar-refractivity contribution in [2.45, 2.75) is 361 Å². The van der Waals surface area contributed by atoms with Crippen LogP contribution in [-0.2, 0) is 28.6 Å². The van der Waals surface area contributed by atoms with E-state index in [2.05, 4.69) is 32.9 Å². The molecular formula is C63H120O6. The van der Waals surface area contributed by atoms with Crippen molar-refractivity contribution < 1.29 is 28.6 Å². The lowest BCUT2D eigenvalue weighted by molar-refractivity contribution is -0.167. The maximum Gasteiger partial charge on any atom is 0.306 e. The van der Waals surface area contributed by atoms with E-state index < -0.39 is 6.10 Å². The van der Waals surface area contributed by atoms with Crippen LogP contribution >= 0.6 is 0 Å². The number of rotatable bonds is 58. The summed E-state index contributed by atoms with van der Waals surface area (Å²) in [4.78, 5) is 38.3. The van der Waals surface area contributed by atoms with E-state index in [1.807, 2.05) is 0 Å². The van der Waals surface area contributed by atoms with Crippen LogP contribution in [0.3, 0.4) is 0 Å². The van der Waals surface area contributed by atoms with Crippen LogP contribution in [0.1, 0.15) is 355 Å². The molecule has 0 radical (unpaired) electrons. The van der Waals surface area contributed by atoms with Gasteiger partial charge in [0.1, 0.15) is 13.2 Å². The quantitative estimate of drug-likeness (QED) is 0.0261. The van der Waals surface area contributed by atoms with Gasteiger partial charge in [-0.25, -0.2) is 0 Å². The summed E-state index contributed by atoms with van der Waals surface area (Å²) in [5, 5.41) is 0. The first kappa shape index (κ1) is 67.1. The van der Waals surface area contributed by atoms with Crippen molar-refractivity contribution >= 4 is 17.9 Å². The zero-order valence-electron chi connectivity index (χ0n) is 46.9. The van der Waals surface area contributed by atoms with Crippen molar-refractivity contribution in [3.8, 4) is 0 Å². The van der Waals surface area contributed by atoms with E-state index in [-0.39, 0.29) is 31.1 Å². The molecule has 0 saturated heterocycles. The van der Waals surface area contributed by atoms with Gasteiger partial charge in [-0.15, -0.1) is 0 Å². The van der Waals surface area contributed by atoms with Gasteiger partial charge in [-0.2, -0.15) is 0 Å². The molecule has 0 aliphatic carbocycles. The molecule has 6 heteroatoms. The number of carbonyl (C=O) groups is 3. The molecule has 0 fully saturated rings. The molecule has 0 aliphatic heterocycles. The molecule has 0 rings (SSSR count). The van der Waals surface area contributed by atoms with Crippen LogP contribution in [0.4, 0.5) is 0 Å². The molecule has 0 aliphatic rings. The summed E-state index contributed by atoms with van der Waals surface area (Å²) in [6.07, 6.45) is 67.8. The van der Waals surface area contributed by atoms with Crippen molar-refractivity contribution in [2.24, 2.45) is 0 Å². The second-order valence-electron chi connectivity index (χ2n) is 21.3. The minimum atomic E-state index is -0.767. The van der Waals surface area contributed by atoms with Crippen molar-refractivity contribution in [1.82, 2.24) is 0 Å². The molecule has 0 aromatic rings. The van der Waals surface area contributed by atoms with Crippen molar-refractivity contribution in [3.05, 3.63) is 12.2 Å². The third-order valence-electron chi connectivity index (χ3n) is 14.3. The normalized spacial score (nSPS) is 12.0. The molecule has 408 valence electrons. The van der Waals surface area contributed by atoms with E-state index in [0.29, 0.717) is 19.3 Å². The van der Waals surface area contributed by atoms with Crippen LogP contribution in [-0.4, -0.2) is 37.2 Å². The average Bonchev–Trinajstić information content (AvgIpc) is 3.35. The highest BCUT2D eigenvalue weighted by atomic mass is 16.6. The van der Waals surface area contributed by atoms with Crippen molar-refractivity contribution in [1.29, 1.82) is 0 Å². The van der Waals surface area contributed by atoms with E-state index in [9.17, 15) is 14.4 Å². The van der Waals surface area contributed by atoms with Gasteiger partial charge in [0.05, 0.1) is 0 Å². The lowest BCUT2D eigenvalue weighted by Crippen LogP contribution is -2.30. The molecule has 1 atom stereocenters. The molecule has 6 nitrogen and oxygen atoms in total. The van der Waals surface area contributed by atoms with E-state index in [4.69, 9.17) is 14.2 Å². The highest BCUT2D eigenvalue weighted by Crippen LogP contribution is 2.18. The fourth-order valence-corrected chi connectivity index (χ4v) is 9.56. The smallest absolute Gasteiger partial charge is 0.306 e. The second-order valence-corrected chi connectivity index (χ2v) is 21.3. The molecule has 0 aromatic carbocycles. The Morgan fingerprint density at radius 2 is 0.478 bits per heavy atom. The van der Waals surface area contributed by atoms with Crippen molar-refractivity contribution in [3.63, 3.8) is 0 Å². The predicted molar refractivity (Wildman–Crippen MR) is 298 cm³/mol.